The lowest BCUT2D eigenvalue weighted by atomic mass is 10.1. The zero-order valence-electron chi connectivity index (χ0n) is 15.9. The van der Waals surface area contributed by atoms with Gasteiger partial charge in [-0.1, -0.05) is 29.8 Å². The fraction of sp³-hybridized carbons (Fsp3) is 0.136. The predicted octanol–water partition coefficient (Wildman–Crippen LogP) is 4.85. The van der Waals surface area contributed by atoms with Gasteiger partial charge in [0.25, 0.3) is 5.91 Å². The van der Waals surface area contributed by atoms with Gasteiger partial charge in [-0.3, -0.25) is 4.79 Å². The van der Waals surface area contributed by atoms with Crippen LogP contribution in [0.25, 0.3) is 11.3 Å². The number of aryl methyl sites for hydroxylation is 1. The third kappa shape index (κ3) is 5.12. The van der Waals surface area contributed by atoms with E-state index in [1.165, 1.54) is 6.21 Å². The van der Waals surface area contributed by atoms with E-state index in [-0.39, 0.29) is 5.97 Å². The van der Waals surface area contributed by atoms with E-state index in [4.69, 9.17) is 20.8 Å². The molecule has 1 N–H and O–H groups in total. The van der Waals surface area contributed by atoms with Gasteiger partial charge < -0.3 is 9.15 Å². The number of carbonyl (C=O) groups is 2. The second-order valence-electron chi connectivity index (χ2n) is 6.18. The monoisotopic (exact) mass is 410 g/mol. The Labute approximate surface area is 173 Å². The van der Waals surface area contributed by atoms with Crippen LogP contribution >= 0.6 is 11.6 Å². The number of furan rings is 1. The highest BCUT2D eigenvalue weighted by Gasteiger charge is 2.10. The first-order valence-electron chi connectivity index (χ1n) is 8.95. The Kier molecular flexibility index (Phi) is 6.46. The fourth-order valence-electron chi connectivity index (χ4n) is 2.58. The van der Waals surface area contributed by atoms with E-state index in [9.17, 15) is 9.59 Å². The number of halogens is 1. The molecule has 3 aromatic rings. The molecule has 1 aromatic heterocycles. The van der Waals surface area contributed by atoms with Crippen molar-refractivity contribution < 1.29 is 18.7 Å². The van der Waals surface area contributed by atoms with E-state index in [0.717, 1.165) is 11.1 Å². The molecule has 0 saturated heterocycles. The highest BCUT2D eigenvalue weighted by Crippen LogP contribution is 2.22. The molecule has 1 heterocycles. The number of benzene rings is 2. The molecule has 0 atom stereocenters. The summed E-state index contributed by atoms with van der Waals surface area (Å²) in [5.41, 5.74) is 5.01. The van der Waals surface area contributed by atoms with Gasteiger partial charge in [0.05, 0.1) is 29.0 Å². The van der Waals surface area contributed by atoms with Gasteiger partial charge in [-0.2, -0.15) is 5.10 Å². The van der Waals surface area contributed by atoms with Crippen molar-refractivity contribution in [2.45, 2.75) is 13.8 Å². The second-order valence-corrected chi connectivity index (χ2v) is 6.59. The molecule has 0 aliphatic rings. The van der Waals surface area contributed by atoms with E-state index >= 15 is 0 Å². The van der Waals surface area contributed by atoms with Crippen molar-refractivity contribution in [1.29, 1.82) is 0 Å². The molecule has 29 heavy (non-hydrogen) atoms. The molecule has 0 unspecified atom stereocenters. The van der Waals surface area contributed by atoms with Crippen molar-refractivity contribution in [3.05, 3.63) is 82.1 Å². The van der Waals surface area contributed by atoms with Crippen LogP contribution < -0.4 is 5.43 Å². The molecule has 1 amide bonds. The Morgan fingerprint density at radius 2 is 1.90 bits per heavy atom. The van der Waals surface area contributed by atoms with E-state index in [1.807, 2.05) is 6.92 Å². The molecule has 0 spiro atoms. The lowest BCUT2D eigenvalue weighted by molar-refractivity contribution is 0.0526. The Bertz CT molecular complexity index is 1050. The fourth-order valence-corrected chi connectivity index (χ4v) is 2.90. The third-order valence-electron chi connectivity index (χ3n) is 4.03. The molecule has 148 valence electrons. The van der Waals surface area contributed by atoms with Crippen molar-refractivity contribution in [3.8, 4) is 11.3 Å². The summed E-state index contributed by atoms with van der Waals surface area (Å²) in [7, 11) is 0. The number of amides is 1. The summed E-state index contributed by atoms with van der Waals surface area (Å²) < 4.78 is 10.7. The van der Waals surface area contributed by atoms with Crippen LogP contribution in [0.15, 0.2) is 64.1 Å². The summed E-state index contributed by atoms with van der Waals surface area (Å²) in [6, 6.07) is 15.6. The van der Waals surface area contributed by atoms with E-state index < -0.39 is 5.91 Å². The van der Waals surface area contributed by atoms with Crippen LogP contribution in [0.5, 0.6) is 0 Å². The van der Waals surface area contributed by atoms with Crippen molar-refractivity contribution in [1.82, 2.24) is 5.43 Å². The maximum atomic E-state index is 12.1. The van der Waals surface area contributed by atoms with Gasteiger partial charge >= 0.3 is 5.97 Å². The van der Waals surface area contributed by atoms with Gasteiger partial charge in [0.15, 0.2) is 0 Å². The number of esters is 1. The minimum absolute atomic E-state index is 0.328. The van der Waals surface area contributed by atoms with Gasteiger partial charge in [-0.25, -0.2) is 10.2 Å². The summed E-state index contributed by atoms with van der Waals surface area (Å²) in [6.45, 7) is 3.98. The molecule has 0 fully saturated rings. The normalized spacial score (nSPS) is 10.9. The average molecular weight is 411 g/mol. The first-order chi connectivity index (χ1) is 14.0. The summed E-state index contributed by atoms with van der Waals surface area (Å²) in [6.07, 6.45) is 1.40. The molecular weight excluding hydrogens is 392 g/mol. The summed E-state index contributed by atoms with van der Waals surface area (Å²) >= 11 is 6.08. The molecule has 0 saturated carbocycles. The van der Waals surface area contributed by atoms with Crippen LogP contribution in [0.3, 0.4) is 0 Å². The quantitative estimate of drug-likeness (QED) is 0.358. The highest BCUT2D eigenvalue weighted by atomic mass is 35.5. The molecule has 3 rings (SSSR count). The number of hydrogen-bond acceptors (Lipinski definition) is 5. The van der Waals surface area contributed by atoms with Crippen LogP contribution in [0, 0.1) is 6.92 Å². The molecule has 0 bridgehead atoms. The van der Waals surface area contributed by atoms with E-state index in [0.29, 0.717) is 34.3 Å². The lowest BCUT2D eigenvalue weighted by Gasteiger charge is -2.03. The van der Waals surface area contributed by atoms with Crippen molar-refractivity contribution in [2.24, 2.45) is 5.10 Å². The van der Waals surface area contributed by atoms with Crippen molar-refractivity contribution >= 4 is 29.7 Å². The summed E-state index contributed by atoms with van der Waals surface area (Å²) in [5, 5.41) is 4.27. The minimum atomic E-state index is -0.410. The van der Waals surface area contributed by atoms with Crippen LogP contribution in [-0.2, 0) is 4.74 Å². The Morgan fingerprint density at radius 3 is 2.59 bits per heavy atom. The van der Waals surface area contributed by atoms with Gasteiger partial charge in [0, 0.05) is 5.56 Å². The standard InChI is InChI=1S/C22H19ClN2O4/c1-3-28-22(27)16-7-5-15(6-8-16)20-11-9-17(29-20)13-24-25-21(26)18-10-4-14(2)12-19(18)23/h4-13H,3H2,1-2H3,(H,25,26). The number of nitrogens with zero attached hydrogens (tertiary/aromatic N) is 1. The lowest BCUT2D eigenvalue weighted by Crippen LogP contribution is -2.18. The van der Waals surface area contributed by atoms with Gasteiger partial charge in [0.2, 0.25) is 0 Å². The summed E-state index contributed by atoms with van der Waals surface area (Å²) in [4.78, 5) is 23.9. The van der Waals surface area contributed by atoms with Gasteiger partial charge in [0.1, 0.15) is 11.5 Å². The third-order valence-corrected chi connectivity index (χ3v) is 4.35. The largest absolute Gasteiger partial charge is 0.462 e. The van der Waals surface area contributed by atoms with E-state index in [1.54, 1.807) is 61.5 Å². The minimum Gasteiger partial charge on any atom is -0.462 e. The zero-order chi connectivity index (χ0) is 20.8. The van der Waals surface area contributed by atoms with Crippen LogP contribution in [0.2, 0.25) is 5.02 Å². The van der Waals surface area contributed by atoms with Crippen molar-refractivity contribution in [2.75, 3.05) is 6.61 Å². The first kappa shape index (κ1) is 20.4. The zero-order valence-corrected chi connectivity index (χ0v) is 16.7. The number of nitrogens with one attached hydrogen (secondary N) is 1. The molecule has 0 aliphatic heterocycles. The van der Waals surface area contributed by atoms with Crippen LogP contribution in [0.1, 0.15) is 39.0 Å². The molecule has 2 aromatic carbocycles. The van der Waals surface area contributed by atoms with Crippen molar-refractivity contribution in [3.63, 3.8) is 0 Å². The molecule has 6 nitrogen and oxygen atoms in total. The number of rotatable bonds is 6. The van der Waals surface area contributed by atoms with Crippen LogP contribution in [-0.4, -0.2) is 24.7 Å². The van der Waals surface area contributed by atoms with Crippen LogP contribution in [0.4, 0.5) is 0 Å². The molecule has 0 aliphatic carbocycles. The molecule has 7 heteroatoms. The SMILES string of the molecule is CCOC(=O)c1ccc(-c2ccc(C=NNC(=O)c3ccc(C)cc3Cl)o2)cc1. The smallest absolute Gasteiger partial charge is 0.338 e. The Hall–Kier alpha value is -3.38. The van der Waals surface area contributed by atoms with Gasteiger partial charge in [-0.15, -0.1) is 0 Å². The maximum Gasteiger partial charge on any atom is 0.338 e. The average Bonchev–Trinajstić information content (AvgIpc) is 3.17. The predicted molar refractivity (Wildman–Crippen MR) is 111 cm³/mol. The Morgan fingerprint density at radius 1 is 1.14 bits per heavy atom. The maximum absolute atomic E-state index is 12.1. The number of hydrazone groups is 1. The number of hydrogen-bond donors (Lipinski definition) is 1. The summed E-state index contributed by atoms with van der Waals surface area (Å²) in [5.74, 6) is 0.294. The highest BCUT2D eigenvalue weighted by molar-refractivity contribution is 6.33. The molecular formula is C22H19ClN2O4. The molecule has 0 radical (unpaired) electrons. The first-order valence-corrected chi connectivity index (χ1v) is 9.32. The number of carbonyl (C=O) groups excluding carboxylic acids is 2. The second kappa shape index (κ2) is 9.21. The topological polar surface area (TPSA) is 80.9 Å². The van der Waals surface area contributed by atoms with E-state index in [2.05, 4.69) is 10.5 Å². The Balaban J connectivity index is 1.64. The number of ether oxygens (including phenoxy) is 1. The van der Waals surface area contributed by atoms with Gasteiger partial charge in [-0.05, 0) is 55.8 Å².